The van der Waals surface area contributed by atoms with Crippen LogP contribution < -0.4 is 5.32 Å². The van der Waals surface area contributed by atoms with Crippen LogP contribution in [-0.2, 0) is 33.2 Å². The van der Waals surface area contributed by atoms with Gasteiger partial charge in [-0.3, -0.25) is 4.79 Å². The van der Waals surface area contributed by atoms with E-state index in [1.807, 2.05) is 6.08 Å². The van der Waals surface area contributed by atoms with Gasteiger partial charge in [-0.2, -0.15) is 0 Å². The van der Waals surface area contributed by atoms with E-state index < -0.39 is 124 Å². The van der Waals surface area contributed by atoms with Gasteiger partial charge in [0.2, 0.25) is 5.91 Å². The van der Waals surface area contributed by atoms with Gasteiger partial charge in [-0.1, -0.05) is 151 Å². The molecule has 19 nitrogen and oxygen atoms in total. The lowest BCUT2D eigenvalue weighted by Gasteiger charge is -2.48. The van der Waals surface area contributed by atoms with Crippen LogP contribution in [0.4, 0.5) is 0 Å². The fourth-order valence-corrected chi connectivity index (χ4v) is 9.33. The summed E-state index contributed by atoms with van der Waals surface area (Å²) in [6.07, 6.45) is 21.8. The zero-order valence-corrected chi connectivity index (χ0v) is 46.6. The molecule has 0 bridgehead atoms. The summed E-state index contributed by atoms with van der Waals surface area (Å²) >= 11 is 0. The molecule has 0 aliphatic carbocycles. The smallest absolute Gasteiger partial charge is 0.220 e. The van der Waals surface area contributed by atoms with E-state index in [9.17, 15) is 61.0 Å². The van der Waals surface area contributed by atoms with Gasteiger partial charge in [0.15, 0.2) is 18.9 Å². The Morgan fingerprint density at radius 2 is 0.872 bits per heavy atom. The molecule has 19 heteroatoms. The maximum atomic E-state index is 13.3. The van der Waals surface area contributed by atoms with E-state index in [1.165, 1.54) is 51.4 Å². The molecule has 0 saturated carbocycles. The SMILES string of the molecule is CCCC/C=C/CC/C=C/CC/C=C/C(O)C(COC1OC(CO)C(OC2OC(CO)C(OC3OC(CO)C(O)C(O)C3O)C(O)C2O)C(O)C1O)NC(=O)CCCCCCCC/C=C\C/C=C\C/C=C\CCCCCCC. The Hall–Kier alpha value is -2.77. The van der Waals surface area contributed by atoms with E-state index >= 15 is 0 Å². The maximum Gasteiger partial charge on any atom is 0.220 e. The second kappa shape index (κ2) is 42.1. The second-order valence-electron chi connectivity index (χ2n) is 20.7. The molecule has 17 unspecified atom stereocenters. The quantitative estimate of drug-likeness (QED) is 0.0293. The molecule has 1 amide bonds. The van der Waals surface area contributed by atoms with Gasteiger partial charge in [-0.05, 0) is 77.0 Å². The molecule has 17 atom stereocenters. The number of carbonyl (C=O) groups excluding carboxylic acids is 1. The highest BCUT2D eigenvalue weighted by Crippen LogP contribution is 2.33. The van der Waals surface area contributed by atoms with Crippen LogP contribution in [0.5, 0.6) is 0 Å². The number of carbonyl (C=O) groups is 1. The lowest BCUT2D eigenvalue weighted by molar-refractivity contribution is -0.379. The molecule has 3 fully saturated rings. The molecule has 12 N–H and O–H groups in total. The molecule has 0 radical (unpaired) electrons. The zero-order valence-electron chi connectivity index (χ0n) is 46.6. The van der Waals surface area contributed by atoms with Crippen molar-refractivity contribution in [1.82, 2.24) is 5.32 Å². The van der Waals surface area contributed by atoms with Crippen molar-refractivity contribution in [1.29, 1.82) is 0 Å². The number of hydrogen-bond acceptors (Lipinski definition) is 18. The number of nitrogens with one attached hydrogen (secondary N) is 1. The number of allylic oxidation sites excluding steroid dienone is 11. The molecular formula is C59H101NO18. The summed E-state index contributed by atoms with van der Waals surface area (Å²) in [5.41, 5.74) is 0. The van der Waals surface area contributed by atoms with E-state index in [0.29, 0.717) is 12.8 Å². The number of aliphatic hydroxyl groups excluding tert-OH is 11. The second-order valence-corrected chi connectivity index (χ2v) is 20.7. The lowest BCUT2D eigenvalue weighted by atomic mass is 9.96. The predicted octanol–water partition coefficient (Wildman–Crippen LogP) is 4.65. The summed E-state index contributed by atoms with van der Waals surface area (Å²) in [5, 5.41) is 120. The van der Waals surface area contributed by atoms with Gasteiger partial charge < -0.3 is 89.9 Å². The van der Waals surface area contributed by atoms with Crippen LogP contribution in [0.1, 0.15) is 162 Å². The summed E-state index contributed by atoms with van der Waals surface area (Å²) in [5.74, 6) is -0.308. The number of aliphatic hydroxyl groups is 11. The fourth-order valence-electron chi connectivity index (χ4n) is 9.33. The fraction of sp³-hybridized carbons (Fsp3) is 0.780. The third-order valence-corrected chi connectivity index (χ3v) is 14.2. The van der Waals surface area contributed by atoms with Crippen LogP contribution in [-0.4, -0.2) is 193 Å². The number of hydrogen-bond donors (Lipinski definition) is 12. The van der Waals surface area contributed by atoms with Crippen LogP contribution in [0.25, 0.3) is 0 Å². The average molecular weight is 1110 g/mol. The molecule has 3 aliphatic heterocycles. The van der Waals surface area contributed by atoms with E-state index in [4.69, 9.17) is 28.4 Å². The predicted molar refractivity (Wildman–Crippen MR) is 295 cm³/mol. The van der Waals surface area contributed by atoms with Crippen molar-refractivity contribution >= 4 is 5.91 Å². The Morgan fingerprint density at radius 1 is 0.462 bits per heavy atom. The molecule has 0 aromatic heterocycles. The molecule has 0 aromatic carbocycles. The van der Waals surface area contributed by atoms with Gasteiger partial charge in [0, 0.05) is 6.42 Å². The van der Waals surface area contributed by atoms with Crippen molar-refractivity contribution in [2.45, 2.75) is 266 Å². The molecule has 450 valence electrons. The zero-order chi connectivity index (χ0) is 56.9. The average Bonchev–Trinajstić information content (AvgIpc) is 3.46. The Balaban J connectivity index is 1.51. The van der Waals surface area contributed by atoms with Gasteiger partial charge in [-0.25, -0.2) is 0 Å². The van der Waals surface area contributed by atoms with Crippen LogP contribution in [0.2, 0.25) is 0 Å². The van der Waals surface area contributed by atoms with Crippen molar-refractivity contribution in [2.24, 2.45) is 0 Å². The molecule has 3 rings (SSSR count). The van der Waals surface area contributed by atoms with Gasteiger partial charge in [-0.15, -0.1) is 0 Å². The maximum absolute atomic E-state index is 13.3. The van der Waals surface area contributed by atoms with Crippen molar-refractivity contribution < 1.29 is 89.4 Å². The van der Waals surface area contributed by atoms with Crippen LogP contribution in [0, 0.1) is 0 Å². The minimum atomic E-state index is -1.99. The number of rotatable bonds is 41. The topological polar surface area (TPSA) is 307 Å². The minimum Gasteiger partial charge on any atom is -0.394 e. The highest BCUT2D eigenvalue weighted by Gasteiger charge is 2.53. The molecule has 0 aromatic rings. The number of ether oxygens (including phenoxy) is 6. The first-order valence-electron chi connectivity index (χ1n) is 29.2. The first-order valence-corrected chi connectivity index (χ1v) is 29.2. The largest absolute Gasteiger partial charge is 0.394 e. The molecule has 3 heterocycles. The van der Waals surface area contributed by atoms with Gasteiger partial charge in [0.25, 0.3) is 0 Å². The molecule has 3 aliphatic rings. The van der Waals surface area contributed by atoms with Crippen molar-refractivity contribution in [3.63, 3.8) is 0 Å². The molecular weight excluding hydrogens is 1010 g/mol. The third-order valence-electron chi connectivity index (χ3n) is 14.2. The normalized spacial score (nSPS) is 31.0. The lowest BCUT2D eigenvalue weighted by Crippen LogP contribution is -2.66. The Morgan fingerprint density at radius 3 is 1.41 bits per heavy atom. The highest BCUT2D eigenvalue weighted by molar-refractivity contribution is 5.76. The summed E-state index contributed by atoms with van der Waals surface area (Å²) in [6.45, 7) is 1.59. The van der Waals surface area contributed by atoms with Gasteiger partial charge >= 0.3 is 0 Å². The Bertz CT molecular complexity index is 1710. The van der Waals surface area contributed by atoms with Crippen LogP contribution in [0.15, 0.2) is 72.9 Å². The first kappa shape index (κ1) is 69.5. The van der Waals surface area contributed by atoms with Gasteiger partial charge in [0.05, 0.1) is 38.6 Å². The van der Waals surface area contributed by atoms with Crippen molar-refractivity contribution in [3.05, 3.63) is 72.9 Å². The minimum absolute atomic E-state index is 0.213. The van der Waals surface area contributed by atoms with E-state index in [-0.39, 0.29) is 18.9 Å². The summed E-state index contributed by atoms with van der Waals surface area (Å²) < 4.78 is 34.1. The summed E-state index contributed by atoms with van der Waals surface area (Å²) in [4.78, 5) is 13.3. The van der Waals surface area contributed by atoms with Crippen molar-refractivity contribution in [3.8, 4) is 0 Å². The van der Waals surface area contributed by atoms with Crippen molar-refractivity contribution in [2.75, 3.05) is 26.4 Å². The van der Waals surface area contributed by atoms with E-state index in [2.05, 4.69) is 79.9 Å². The van der Waals surface area contributed by atoms with Crippen LogP contribution >= 0.6 is 0 Å². The Kier molecular flexibility index (Phi) is 37.5. The van der Waals surface area contributed by atoms with Gasteiger partial charge in [0.1, 0.15) is 73.2 Å². The monoisotopic (exact) mass is 1110 g/mol. The standard InChI is InChI=1S/C59H101NO18/c1-3-5-7-9-11-13-15-17-18-19-20-21-22-23-24-25-27-29-31-33-35-37-47(65)60-42(43(64)36-34-32-30-28-26-16-14-12-10-8-6-4-2)41-73-57-53(71)50(68)55(45(39-62)75-57)78-59-54(72)51(69)56(46(40-63)76-59)77-58-52(70)49(67)48(66)44(38-61)74-58/h10,12,15,17,19-20,22-23,26,28,34,36,42-46,48-59,61-64,66-72H,3-9,11,13-14,16,18,21,24-25,27,29-33,35,37-41H2,1-2H3,(H,60,65)/b12-10+,17-15-,20-19-,23-22-,28-26+,36-34+. The summed E-state index contributed by atoms with van der Waals surface area (Å²) in [6, 6.07) is -1.01. The molecule has 3 saturated heterocycles. The summed E-state index contributed by atoms with van der Waals surface area (Å²) in [7, 11) is 0. The Labute approximate surface area is 464 Å². The van der Waals surface area contributed by atoms with E-state index in [0.717, 1.165) is 77.0 Å². The third kappa shape index (κ3) is 26.0. The molecule has 0 spiro atoms. The number of unbranched alkanes of at least 4 members (excludes halogenated alkanes) is 15. The first-order chi connectivity index (χ1) is 37.8. The molecule has 78 heavy (non-hydrogen) atoms. The number of amides is 1. The van der Waals surface area contributed by atoms with E-state index in [1.54, 1.807) is 6.08 Å². The van der Waals surface area contributed by atoms with Crippen LogP contribution in [0.3, 0.4) is 0 Å². The highest BCUT2D eigenvalue weighted by atomic mass is 16.8.